The third kappa shape index (κ3) is 9.41. The van der Waals surface area contributed by atoms with Crippen molar-refractivity contribution in [2.75, 3.05) is 51.0 Å². The number of thiophene rings is 1. The van der Waals surface area contributed by atoms with Crippen molar-refractivity contribution in [1.82, 2.24) is 4.98 Å². The smallest absolute Gasteiger partial charge is 0.477 e. The van der Waals surface area contributed by atoms with E-state index >= 15 is 0 Å². The summed E-state index contributed by atoms with van der Waals surface area (Å²) < 4.78 is 37.7. The Morgan fingerprint density at radius 2 is 1.73 bits per heavy atom. The molecule has 1 aliphatic rings. The zero-order valence-corrected chi connectivity index (χ0v) is 29.0. The lowest BCUT2D eigenvalue weighted by molar-refractivity contribution is -0.943. The second-order valence-electron chi connectivity index (χ2n) is 13.8. The monoisotopic (exact) mass is 656 g/mol. The Morgan fingerprint density at radius 3 is 2.47 bits per heavy atom. The molecule has 1 aliphatic heterocycles. The highest BCUT2D eigenvalue weighted by Crippen LogP contribution is 2.47. The highest BCUT2D eigenvalue weighted by atomic mass is 32.1. The Labute approximate surface area is 270 Å². The quantitative estimate of drug-likeness (QED) is 0.0932. The van der Waals surface area contributed by atoms with Crippen LogP contribution in [0.15, 0.2) is 60.0 Å². The van der Waals surface area contributed by atoms with Gasteiger partial charge >= 0.3 is 7.82 Å². The Balaban J connectivity index is 1.20. The molecule has 1 atom stereocenters. The van der Waals surface area contributed by atoms with Gasteiger partial charge in [-0.25, -0.2) is 14.1 Å². The van der Waals surface area contributed by atoms with Crippen molar-refractivity contribution in [2.24, 2.45) is 0 Å². The molecule has 45 heavy (non-hydrogen) atoms. The van der Waals surface area contributed by atoms with Crippen molar-refractivity contribution in [2.45, 2.75) is 65.6 Å². The molecule has 0 saturated carbocycles. The third-order valence-corrected chi connectivity index (χ3v) is 9.83. The first-order chi connectivity index (χ1) is 21.2. The van der Waals surface area contributed by atoms with Gasteiger partial charge in [0, 0.05) is 33.3 Å². The highest BCUT2D eigenvalue weighted by molar-refractivity contribution is 7.47. The number of fused-ring (bicyclic) bond motifs is 2. The van der Waals surface area contributed by atoms with E-state index in [-0.39, 0.29) is 12.3 Å². The number of nitrogens with zero attached hydrogens (tertiary/aromatic N) is 3. The molecule has 2 aromatic heterocycles. The Morgan fingerprint density at radius 1 is 0.978 bits per heavy atom. The lowest BCUT2D eigenvalue weighted by Crippen LogP contribution is -2.60. The minimum atomic E-state index is -4.21. The number of aromatic nitrogens is 1. The average Bonchev–Trinajstić information content (AvgIpc) is 3.44. The molecule has 0 spiro atoms. The first kappa shape index (κ1) is 33.6. The summed E-state index contributed by atoms with van der Waals surface area (Å²) in [6, 6.07) is 18.5. The topological polar surface area (TPSA) is 90.4 Å². The molecule has 5 rings (SSSR count). The van der Waals surface area contributed by atoms with Crippen LogP contribution in [0.4, 0.5) is 5.69 Å². The van der Waals surface area contributed by atoms with Gasteiger partial charge < -0.3 is 19.3 Å². The highest BCUT2D eigenvalue weighted by Gasteiger charge is 2.38. The molecule has 1 fully saturated rings. The number of hydrogen-bond donors (Lipinski definition) is 1. The second kappa shape index (κ2) is 13.6. The van der Waals surface area contributed by atoms with E-state index in [4.69, 9.17) is 18.5 Å². The fraction of sp³-hybridized carbons (Fsp3) is 0.500. The number of rotatable bonds is 12. The molecule has 0 aliphatic carbocycles. The Bertz CT molecular complexity index is 1640. The van der Waals surface area contributed by atoms with Crippen LogP contribution in [0.25, 0.3) is 21.0 Å². The second-order valence-corrected chi connectivity index (χ2v) is 16.1. The fourth-order valence-electron chi connectivity index (χ4n) is 5.65. The zero-order valence-electron chi connectivity index (χ0n) is 27.3. The van der Waals surface area contributed by atoms with Crippen LogP contribution in [-0.4, -0.2) is 71.6 Å². The van der Waals surface area contributed by atoms with Gasteiger partial charge in [-0.1, -0.05) is 6.07 Å². The molecule has 2 aromatic carbocycles. The summed E-state index contributed by atoms with van der Waals surface area (Å²) in [5.74, 6) is 1.36. The average molecular weight is 657 g/mol. The zero-order chi connectivity index (χ0) is 32.3. The van der Waals surface area contributed by atoms with Crippen LogP contribution in [0.2, 0.25) is 0 Å². The lowest BCUT2D eigenvalue weighted by Gasteiger charge is -2.45. The molecule has 3 heterocycles. The van der Waals surface area contributed by atoms with E-state index in [9.17, 15) is 9.46 Å². The van der Waals surface area contributed by atoms with Gasteiger partial charge in [-0.2, -0.15) is 0 Å². The molecule has 4 aromatic rings. The molecule has 0 bridgehead atoms. The van der Waals surface area contributed by atoms with Crippen LogP contribution in [-0.2, 0) is 13.6 Å². The molecule has 1 N–H and O–H groups in total. The summed E-state index contributed by atoms with van der Waals surface area (Å²) >= 11 is 1.75. The largest absolute Gasteiger partial charge is 0.494 e. The summed E-state index contributed by atoms with van der Waals surface area (Å²) in [6.45, 7) is 16.0. The van der Waals surface area contributed by atoms with Crippen molar-refractivity contribution >= 4 is 45.8 Å². The molecule has 9 nitrogen and oxygen atoms in total. The van der Waals surface area contributed by atoms with Gasteiger partial charge in [-0.3, -0.25) is 9.01 Å². The van der Waals surface area contributed by atoms with Gasteiger partial charge in [-0.05, 0) is 96.2 Å². The van der Waals surface area contributed by atoms with E-state index in [2.05, 4.69) is 39.5 Å². The van der Waals surface area contributed by atoms with Crippen molar-refractivity contribution in [3.63, 3.8) is 0 Å². The number of phosphoric ester groups is 1. The molecule has 1 unspecified atom stereocenters. The van der Waals surface area contributed by atoms with E-state index in [1.807, 2.05) is 51.1 Å². The van der Waals surface area contributed by atoms with Gasteiger partial charge in [0.15, 0.2) is 6.73 Å². The van der Waals surface area contributed by atoms with E-state index in [1.165, 1.54) is 15.8 Å². The van der Waals surface area contributed by atoms with Crippen LogP contribution in [0.5, 0.6) is 11.6 Å². The minimum absolute atomic E-state index is 0.122. The van der Waals surface area contributed by atoms with Crippen LogP contribution < -0.4 is 14.4 Å². The van der Waals surface area contributed by atoms with E-state index < -0.39 is 13.4 Å². The summed E-state index contributed by atoms with van der Waals surface area (Å²) in [7, 11) is -4.21. The summed E-state index contributed by atoms with van der Waals surface area (Å²) in [5, 5.41) is 4.44. The third-order valence-electron chi connectivity index (χ3n) is 7.73. The van der Waals surface area contributed by atoms with Gasteiger partial charge in [-0.15, -0.1) is 11.3 Å². The maximum absolute atomic E-state index is 12.8. The normalized spacial score (nSPS) is 17.0. The maximum atomic E-state index is 12.8. The number of quaternary nitrogens is 1. The molecule has 1 saturated heterocycles. The Hall–Kier alpha value is -2.72. The van der Waals surface area contributed by atoms with Gasteiger partial charge in [0.05, 0.1) is 50.4 Å². The SMILES string of the molecule is CC(C)(C)Oc1ccc2ccc(OCCCC[N+]3(COP(=O)(O)OC(C)(C)C)CCN(c4cccc5sccc45)CC3)cc2n1. The first-order valence-corrected chi connectivity index (χ1v) is 18.0. The minimum Gasteiger partial charge on any atom is -0.494 e. The van der Waals surface area contributed by atoms with Crippen LogP contribution in [0, 0.1) is 0 Å². The molecule has 11 heteroatoms. The van der Waals surface area contributed by atoms with Crippen LogP contribution in [0.1, 0.15) is 54.4 Å². The number of phosphoric acid groups is 1. The number of hydrogen-bond acceptors (Lipinski definition) is 8. The van der Waals surface area contributed by atoms with E-state index in [0.29, 0.717) is 17.0 Å². The van der Waals surface area contributed by atoms with Crippen molar-refractivity contribution in [1.29, 1.82) is 0 Å². The number of unbranched alkanes of at least 4 members (excludes halogenated alkanes) is 1. The lowest BCUT2D eigenvalue weighted by atomic mass is 10.1. The van der Waals surface area contributed by atoms with Crippen molar-refractivity contribution < 1.29 is 32.5 Å². The summed E-state index contributed by atoms with van der Waals surface area (Å²) in [5.41, 5.74) is 0.964. The fourth-order valence-corrected chi connectivity index (χ4v) is 7.59. The number of pyridine rings is 1. The molecule has 244 valence electrons. The van der Waals surface area contributed by atoms with E-state index in [1.54, 1.807) is 32.1 Å². The number of anilines is 1. The van der Waals surface area contributed by atoms with Gasteiger partial charge in [0.25, 0.3) is 0 Å². The van der Waals surface area contributed by atoms with Gasteiger partial charge in [0.2, 0.25) is 5.88 Å². The Kier molecular flexibility index (Phi) is 10.1. The maximum Gasteiger partial charge on any atom is 0.477 e. The van der Waals surface area contributed by atoms with Crippen molar-refractivity contribution in [3.05, 3.63) is 60.0 Å². The molecule has 0 radical (unpaired) electrons. The van der Waals surface area contributed by atoms with Crippen molar-refractivity contribution in [3.8, 4) is 11.6 Å². The standard InChI is InChI=1S/C34H46N3O6PS/c1-33(2,3)42-32-15-13-26-12-14-27(24-29(26)35-32)40-22-8-7-19-37(25-41-44(38,39)43-34(4,5)6)20-17-36(18-21-37)30-10-9-11-31-28(30)16-23-45-31/h9-16,23-24H,7-8,17-22,25H2,1-6H3/p+1. The summed E-state index contributed by atoms with van der Waals surface area (Å²) in [6.07, 6.45) is 1.72. The predicted molar refractivity (Wildman–Crippen MR) is 182 cm³/mol. The van der Waals surface area contributed by atoms with E-state index in [0.717, 1.165) is 62.2 Å². The first-order valence-electron chi connectivity index (χ1n) is 15.7. The van der Waals surface area contributed by atoms with Crippen LogP contribution in [0.3, 0.4) is 0 Å². The number of benzene rings is 2. The number of piperazine rings is 1. The molecule has 0 amide bonds. The molecular formula is C34H47N3O6PS+. The molecular weight excluding hydrogens is 609 g/mol. The predicted octanol–water partition coefficient (Wildman–Crippen LogP) is 8.01. The summed E-state index contributed by atoms with van der Waals surface area (Å²) in [4.78, 5) is 17.5. The van der Waals surface area contributed by atoms with Crippen LogP contribution >= 0.6 is 19.2 Å². The number of ether oxygens (including phenoxy) is 2. The van der Waals surface area contributed by atoms with Gasteiger partial charge in [0.1, 0.15) is 11.4 Å².